The third kappa shape index (κ3) is 3.83. The van der Waals surface area contributed by atoms with Crippen molar-refractivity contribution in [3.63, 3.8) is 0 Å². The van der Waals surface area contributed by atoms with Crippen molar-refractivity contribution in [3.05, 3.63) is 76.9 Å². The van der Waals surface area contributed by atoms with Crippen LogP contribution in [0.3, 0.4) is 0 Å². The van der Waals surface area contributed by atoms with Gasteiger partial charge in [-0.3, -0.25) is 9.71 Å². The number of hydrogen-bond acceptors (Lipinski definition) is 5. The maximum Gasteiger partial charge on any atom is 0.262 e. The minimum Gasteiger partial charge on any atom is -0.457 e. The molecule has 0 saturated heterocycles. The molecule has 0 radical (unpaired) electrons. The smallest absolute Gasteiger partial charge is 0.262 e. The lowest BCUT2D eigenvalue weighted by molar-refractivity contribution is 0.487. The van der Waals surface area contributed by atoms with Gasteiger partial charge in [0.1, 0.15) is 17.3 Å². The Bertz CT molecular complexity index is 1240. The zero-order valence-electron chi connectivity index (χ0n) is 14.7. The van der Waals surface area contributed by atoms with E-state index >= 15 is 0 Å². The Hall–Kier alpha value is -2.97. The van der Waals surface area contributed by atoms with Crippen LogP contribution in [0.25, 0.3) is 10.9 Å². The van der Waals surface area contributed by atoms with Crippen molar-refractivity contribution < 1.29 is 17.5 Å². The molecule has 0 unspecified atom stereocenters. The lowest BCUT2D eigenvalue weighted by atomic mass is 10.2. The minimum atomic E-state index is -3.61. The number of anilines is 1. The fourth-order valence-electron chi connectivity index (χ4n) is 2.71. The van der Waals surface area contributed by atoms with E-state index in [4.69, 9.17) is 4.74 Å². The summed E-state index contributed by atoms with van der Waals surface area (Å²) in [5.41, 5.74) is 1.80. The highest BCUT2D eigenvalue weighted by Crippen LogP contribution is 2.31. The van der Waals surface area contributed by atoms with Crippen molar-refractivity contribution in [2.24, 2.45) is 0 Å². The molecule has 0 bridgehead atoms. The van der Waals surface area contributed by atoms with E-state index in [0.29, 0.717) is 28.1 Å². The van der Waals surface area contributed by atoms with Crippen LogP contribution in [-0.4, -0.2) is 13.4 Å². The normalized spacial score (nSPS) is 11.5. The molecule has 142 valence electrons. The molecule has 8 heteroatoms. The van der Waals surface area contributed by atoms with E-state index in [1.807, 2.05) is 6.92 Å². The molecule has 0 amide bonds. The van der Waals surface area contributed by atoms with E-state index in [2.05, 4.69) is 9.71 Å². The third-order valence-electron chi connectivity index (χ3n) is 4.00. The zero-order valence-corrected chi connectivity index (χ0v) is 16.4. The number of nitrogens with one attached hydrogen (secondary N) is 1. The molecule has 5 nitrogen and oxygen atoms in total. The molecule has 0 fully saturated rings. The standard InChI is InChI=1S/C20H15FN2O3S2/c1-13-10-20(18-11-14(21)2-7-19(18)22-13)26-16-5-3-15(4-6-16)23-28(24,25)17-8-9-27-12-17/h2-12,23H,1H3. The molecule has 2 aromatic heterocycles. The molecule has 0 aliphatic rings. The molecule has 4 rings (SSSR count). The van der Waals surface area contributed by atoms with Gasteiger partial charge in [0, 0.05) is 28.2 Å². The van der Waals surface area contributed by atoms with Gasteiger partial charge in [0.2, 0.25) is 0 Å². The molecule has 2 heterocycles. The summed E-state index contributed by atoms with van der Waals surface area (Å²) in [7, 11) is -3.61. The number of ether oxygens (including phenoxy) is 1. The summed E-state index contributed by atoms with van der Waals surface area (Å²) in [5.74, 6) is 0.601. The van der Waals surface area contributed by atoms with Gasteiger partial charge in [0.25, 0.3) is 10.0 Å². The van der Waals surface area contributed by atoms with Crippen LogP contribution in [0.1, 0.15) is 5.69 Å². The van der Waals surface area contributed by atoms with Crippen molar-refractivity contribution in [1.82, 2.24) is 4.98 Å². The molecule has 0 aliphatic heterocycles. The number of nitrogens with zero attached hydrogens (tertiary/aromatic N) is 1. The van der Waals surface area contributed by atoms with Gasteiger partial charge in [-0.25, -0.2) is 12.8 Å². The SMILES string of the molecule is Cc1cc(Oc2ccc(NS(=O)(=O)c3ccsc3)cc2)c2cc(F)ccc2n1. The van der Waals surface area contributed by atoms with Crippen molar-refractivity contribution in [1.29, 1.82) is 0 Å². The van der Waals surface area contributed by atoms with Crippen molar-refractivity contribution in [2.75, 3.05) is 4.72 Å². The van der Waals surface area contributed by atoms with Gasteiger partial charge >= 0.3 is 0 Å². The van der Waals surface area contributed by atoms with Crippen molar-refractivity contribution in [3.8, 4) is 11.5 Å². The van der Waals surface area contributed by atoms with Gasteiger partial charge in [0.05, 0.1) is 10.4 Å². The molecule has 0 atom stereocenters. The molecule has 0 spiro atoms. The molecule has 4 aromatic rings. The van der Waals surface area contributed by atoms with Crippen LogP contribution < -0.4 is 9.46 Å². The number of fused-ring (bicyclic) bond motifs is 1. The topological polar surface area (TPSA) is 68.3 Å². The summed E-state index contributed by atoms with van der Waals surface area (Å²) >= 11 is 1.31. The maximum absolute atomic E-state index is 13.6. The summed E-state index contributed by atoms with van der Waals surface area (Å²) in [5, 5.41) is 3.83. The highest BCUT2D eigenvalue weighted by atomic mass is 32.2. The highest BCUT2D eigenvalue weighted by molar-refractivity contribution is 7.92. The second kappa shape index (κ2) is 7.21. The van der Waals surface area contributed by atoms with Crippen LogP contribution in [-0.2, 0) is 10.0 Å². The highest BCUT2D eigenvalue weighted by Gasteiger charge is 2.14. The second-order valence-corrected chi connectivity index (χ2v) is 8.58. The zero-order chi connectivity index (χ0) is 19.7. The Morgan fingerprint density at radius 2 is 1.86 bits per heavy atom. The summed E-state index contributed by atoms with van der Waals surface area (Å²) in [6.45, 7) is 1.83. The van der Waals surface area contributed by atoms with Gasteiger partial charge in [-0.05, 0) is 60.8 Å². The largest absolute Gasteiger partial charge is 0.457 e. The molecule has 0 aliphatic carbocycles. The summed E-state index contributed by atoms with van der Waals surface area (Å²) < 4.78 is 46.6. The van der Waals surface area contributed by atoms with E-state index in [1.54, 1.807) is 53.2 Å². The predicted molar refractivity (Wildman–Crippen MR) is 108 cm³/mol. The fraction of sp³-hybridized carbons (Fsp3) is 0.0500. The Morgan fingerprint density at radius 1 is 1.07 bits per heavy atom. The fourth-order valence-corrected chi connectivity index (χ4v) is 4.80. The molecule has 1 N–H and O–H groups in total. The van der Waals surface area contributed by atoms with Crippen LogP contribution in [0.5, 0.6) is 11.5 Å². The number of halogens is 1. The quantitative estimate of drug-likeness (QED) is 0.479. The second-order valence-electron chi connectivity index (χ2n) is 6.11. The van der Waals surface area contributed by atoms with Gasteiger partial charge in [-0.15, -0.1) is 0 Å². The number of thiophene rings is 1. The van der Waals surface area contributed by atoms with Gasteiger partial charge in [-0.1, -0.05) is 0 Å². The van der Waals surface area contributed by atoms with Gasteiger partial charge < -0.3 is 4.74 Å². The van der Waals surface area contributed by atoms with Crippen molar-refractivity contribution >= 4 is 38.0 Å². The number of aryl methyl sites for hydroxylation is 1. The van der Waals surface area contributed by atoms with Crippen LogP contribution in [0.15, 0.2) is 70.3 Å². The van der Waals surface area contributed by atoms with E-state index in [0.717, 1.165) is 5.69 Å². The molecular weight excluding hydrogens is 399 g/mol. The first kappa shape index (κ1) is 18.4. The summed E-state index contributed by atoms with van der Waals surface area (Å²) in [6.07, 6.45) is 0. The first-order valence-electron chi connectivity index (χ1n) is 8.30. The summed E-state index contributed by atoms with van der Waals surface area (Å²) in [4.78, 5) is 4.60. The van der Waals surface area contributed by atoms with Crippen LogP contribution in [0.2, 0.25) is 0 Å². The number of hydrogen-bond donors (Lipinski definition) is 1. The van der Waals surface area contributed by atoms with E-state index in [1.165, 1.54) is 23.5 Å². The molecule has 2 aromatic carbocycles. The maximum atomic E-state index is 13.6. The van der Waals surface area contributed by atoms with Crippen LogP contribution in [0, 0.1) is 12.7 Å². The average Bonchev–Trinajstić information content (AvgIpc) is 3.19. The van der Waals surface area contributed by atoms with Gasteiger partial charge in [0.15, 0.2) is 0 Å². The lowest BCUT2D eigenvalue weighted by Crippen LogP contribution is -2.11. The summed E-state index contributed by atoms with van der Waals surface area (Å²) in [6, 6.07) is 14.1. The predicted octanol–water partition coefficient (Wildman–Crippen LogP) is 5.34. The number of aromatic nitrogens is 1. The third-order valence-corrected chi connectivity index (χ3v) is 6.21. The Morgan fingerprint density at radius 3 is 2.57 bits per heavy atom. The first-order valence-corrected chi connectivity index (χ1v) is 10.7. The first-order chi connectivity index (χ1) is 13.4. The van der Waals surface area contributed by atoms with Crippen molar-refractivity contribution in [2.45, 2.75) is 11.8 Å². The minimum absolute atomic E-state index is 0.221. The van der Waals surface area contributed by atoms with Crippen LogP contribution >= 0.6 is 11.3 Å². The van der Waals surface area contributed by atoms with E-state index in [9.17, 15) is 12.8 Å². The molecule has 28 heavy (non-hydrogen) atoms. The number of sulfonamides is 1. The Kier molecular flexibility index (Phi) is 4.74. The van der Waals surface area contributed by atoms with Gasteiger partial charge in [-0.2, -0.15) is 11.3 Å². The Balaban J connectivity index is 1.59. The number of benzene rings is 2. The van der Waals surface area contributed by atoms with Crippen LogP contribution in [0.4, 0.5) is 10.1 Å². The molecule has 0 saturated carbocycles. The Labute approximate surface area is 165 Å². The van der Waals surface area contributed by atoms with E-state index < -0.39 is 10.0 Å². The lowest BCUT2D eigenvalue weighted by Gasteiger charge is -2.11. The monoisotopic (exact) mass is 414 g/mol. The average molecular weight is 414 g/mol. The number of pyridine rings is 1. The molecular formula is C20H15FN2O3S2. The number of rotatable bonds is 5. The van der Waals surface area contributed by atoms with E-state index in [-0.39, 0.29) is 10.7 Å².